The molecule has 9 heteroatoms. The molecule has 0 aliphatic heterocycles. The van der Waals surface area contributed by atoms with Crippen molar-refractivity contribution < 1.29 is 33.3 Å². The molecule has 0 bridgehead atoms. The highest BCUT2D eigenvalue weighted by Crippen LogP contribution is 2.39. The van der Waals surface area contributed by atoms with Gasteiger partial charge in [-0.3, -0.25) is 4.79 Å². The van der Waals surface area contributed by atoms with Gasteiger partial charge in [0, 0.05) is 4.88 Å². The minimum absolute atomic E-state index is 0.144. The lowest BCUT2D eigenvalue weighted by Crippen LogP contribution is -2.30. The lowest BCUT2D eigenvalue weighted by Gasteiger charge is -2.16. The fraction of sp³-hybridized carbons (Fsp3) is 0.435. The first kappa shape index (κ1) is 23.6. The van der Waals surface area contributed by atoms with Crippen LogP contribution in [0.5, 0.6) is 11.5 Å². The van der Waals surface area contributed by atoms with Crippen molar-refractivity contribution in [2.75, 3.05) is 26.1 Å². The molecule has 1 heterocycles. The number of fused-ring (bicyclic) bond motifs is 1. The van der Waals surface area contributed by atoms with Gasteiger partial charge in [-0.25, -0.2) is 9.59 Å². The van der Waals surface area contributed by atoms with Crippen molar-refractivity contribution in [3.8, 4) is 11.5 Å². The summed E-state index contributed by atoms with van der Waals surface area (Å²) >= 11 is 1.38. The standard InChI is InChI=1S/C23H27NO7S/c1-5-30-23(27)18-14-9-6-7-12-17(14)32-21(18)24-20(25)13(2)31-22(26)15-10-8-11-16(28-3)19(15)29-4/h8,10-11,13H,5-7,9,12H2,1-4H3,(H,24,25)/t13-/m0/s1. The molecule has 8 nitrogen and oxygen atoms in total. The molecule has 1 amide bonds. The monoisotopic (exact) mass is 461 g/mol. The molecule has 3 rings (SSSR count). The molecule has 1 N–H and O–H groups in total. The zero-order chi connectivity index (χ0) is 23.3. The normalized spacial score (nSPS) is 13.5. The topological polar surface area (TPSA) is 100 Å². The average Bonchev–Trinajstić information content (AvgIpc) is 3.16. The van der Waals surface area contributed by atoms with E-state index in [1.807, 2.05) is 0 Å². The van der Waals surface area contributed by atoms with Crippen molar-refractivity contribution in [3.05, 3.63) is 39.8 Å². The number of hydrogen-bond donors (Lipinski definition) is 1. The number of hydrogen-bond acceptors (Lipinski definition) is 8. The van der Waals surface area contributed by atoms with Crippen molar-refractivity contribution in [2.45, 2.75) is 45.6 Å². The molecule has 1 atom stereocenters. The molecule has 0 spiro atoms. The number of thiophene rings is 1. The summed E-state index contributed by atoms with van der Waals surface area (Å²) in [5.74, 6) is -1.11. The lowest BCUT2D eigenvalue weighted by atomic mass is 9.95. The van der Waals surface area contributed by atoms with Crippen LogP contribution in [-0.2, 0) is 27.1 Å². The van der Waals surface area contributed by atoms with Crippen molar-refractivity contribution in [2.24, 2.45) is 0 Å². The summed E-state index contributed by atoms with van der Waals surface area (Å²) in [6, 6.07) is 4.81. The Bertz CT molecular complexity index is 1010. The average molecular weight is 462 g/mol. The summed E-state index contributed by atoms with van der Waals surface area (Å²) in [6.45, 7) is 3.45. The maximum atomic E-state index is 12.8. The zero-order valence-corrected chi connectivity index (χ0v) is 19.4. The molecule has 0 saturated heterocycles. The van der Waals surface area contributed by atoms with E-state index in [0.29, 0.717) is 16.3 Å². The maximum Gasteiger partial charge on any atom is 0.342 e. The van der Waals surface area contributed by atoms with Crippen LogP contribution in [0.15, 0.2) is 18.2 Å². The third-order valence-corrected chi connectivity index (χ3v) is 6.37. The molecule has 0 fully saturated rings. The van der Waals surface area contributed by atoms with Crippen molar-refractivity contribution in [1.82, 2.24) is 0 Å². The fourth-order valence-corrected chi connectivity index (χ4v) is 4.89. The van der Waals surface area contributed by atoms with Crippen molar-refractivity contribution >= 4 is 34.2 Å². The Balaban J connectivity index is 1.77. The van der Waals surface area contributed by atoms with Crippen LogP contribution in [0.4, 0.5) is 5.00 Å². The largest absolute Gasteiger partial charge is 0.493 e. The van der Waals surface area contributed by atoms with Crippen LogP contribution in [0.3, 0.4) is 0 Å². The second-order valence-corrected chi connectivity index (χ2v) is 8.32. The Labute approximate surface area is 190 Å². The molecule has 0 saturated carbocycles. The smallest absolute Gasteiger partial charge is 0.342 e. The Hall–Kier alpha value is -3.07. The summed E-state index contributed by atoms with van der Waals surface area (Å²) in [6.07, 6.45) is 2.56. The van der Waals surface area contributed by atoms with E-state index in [-0.39, 0.29) is 17.9 Å². The number of aryl methyl sites for hydroxylation is 1. The minimum Gasteiger partial charge on any atom is -0.493 e. The minimum atomic E-state index is -1.10. The first-order chi connectivity index (χ1) is 15.4. The molecule has 1 aliphatic rings. The van der Waals surface area contributed by atoms with E-state index < -0.39 is 23.9 Å². The molecule has 1 aromatic carbocycles. The predicted octanol–water partition coefficient (Wildman–Crippen LogP) is 4.00. The number of rotatable bonds is 8. The first-order valence-corrected chi connectivity index (χ1v) is 11.3. The van der Waals surface area contributed by atoms with E-state index in [1.165, 1.54) is 38.5 Å². The van der Waals surface area contributed by atoms with Gasteiger partial charge in [0.05, 0.1) is 26.4 Å². The Morgan fingerprint density at radius 3 is 2.53 bits per heavy atom. The number of nitrogens with one attached hydrogen (secondary N) is 1. The predicted molar refractivity (Wildman–Crippen MR) is 120 cm³/mol. The number of esters is 2. The second-order valence-electron chi connectivity index (χ2n) is 7.21. The number of carbonyl (C=O) groups is 3. The van der Waals surface area contributed by atoms with Crippen LogP contribution in [0.1, 0.15) is 57.8 Å². The van der Waals surface area contributed by atoms with Crippen molar-refractivity contribution in [3.63, 3.8) is 0 Å². The van der Waals surface area contributed by atoms with E-state index in [1.54, 1.807) is 19.1 Å². The molecular weight excluding hydrogens is 434 g/mol. The van der Waals surface area contributed by atoms with E-state index in [4.69, 9.17) is 18.9 Å². The van der Waals surface area contributed by atoms with Crippen LogP contribution >= 0.6 is 11.3 Å². The summed E-state index contributed by atoms with van der Waals surface area (Å²) in [5.41, 5.74) is 1.50. The number of methoxy groups -OCH3 is 2. The van der Waals surface area contributed by atoms with Gasteiger partial charge in [-0.05, 0) is 57.2 Å². The number of ether oxygens (including phenoxy) is 4. The number of benzene rings is 1. The quantitative estimate of drug-likeness (QED) is 0.593. The van der Waals surface area contributed by atoms with Crippen LogP contribution in [-0.4, -0.2) is 44.8 Å². The van der Waals surface area contributed by atoms with Gasteiger partial charge < -0.3 is 24.3 Å². The lowest BCUT2D eigenvalue weighted by molar-refractivity contribution is -0.123. The summed E-state index contributed by atoms with van der Waals surface area (Å²) in [7, 11) is 2.88. The molecule has 2 aromatic rings. The Morgan fingerprint density at radius 1 is 1.09 bits per heavy atom. The van der Waals surface area contributed by atoms with Crippen LogP contribution < -0.4 is 14.8 Å². The molecule has 172 valence electrons. The van der Waals surface area contributed by atoms with Gasteiger partial charge in [0.1, 0.15) is 10.6 Å². The Morgan fingerprint density at radius 2 is 1.84 bits per heavy atom. The van der Waals surface area contributed by atoms with Gasteiger partial charge in [0.25, 0.3) is 5.91 Å². The molecule has 1 aromatic heterocycles. The SMILES string of the molecule is CCOC(=O)c1c(NC(=O)[C@H](C)OC(=O)c2cccc(OC)c2OC)sc2c1CCCC2. The third kappa shape index (κ3) is 4.88. The van der Waals surface area contributed by atoms with Gasteiger partial charge in [-0.15, -0.1) is 11.3 Å². The van der Waals surface area contributed by atoms with Crippen LogP contribution in [0.2, 0.25) is 0 Å². The van der Waals surface area contributed by atoms with Gasteiger partial charge in [-0.1, -0.05) is 6.07 Å². The highest BCUT2D eigenvalue weighted by Gasteiger charge is 2.29. The zero-order valence-electron chi connectivity index (χ0n) is 18.6. The number of carbonyl (C=O) groups excluding carboxylic acids is 3. The number of anilines is 1. The van der Waals surface area contributed by atoms with E-state index in [9.17, 15) is 14.4 Å². The van der Waals surface area contributed by atoms with Crippen molar-refractivity contribution in [1.29, 1.82) is 0 Å². The Kier molecular flexibility index (Phi) is 7.74. The molecular formula is C23H27NO7S. The van der Waals surface area contributed by atoms with Crippen LogP contribution in [0.25, 0.3) is 0 Å². The molecule has 0 unspecified atom stereocenters. The van der Waals surface area contributed by atoms with E-state index in [2.05, 4.69) is 5.32 Å². The maximum absolute atomic E-state index is 12.8. The summed E-state index contributed by atoms with van der Waals surface area (Å²) < 4.78 is 21.0. The van der Waals surface area contributed by atoms with Gasteiger partial charge in [0.2, 0.25) is 0 Å². The first-order valence-electron chi connectivity index (χ1n) is 10.5. The third-order valence-electron chi connectivity index (χ3n) is 5.16. The van der Waals surface area contributed by atoms with E-state index in [0.717, 1.165) is 36.1 Å². The number of amides is 1. The molecule has 32 heavy (non-hydrogen) atoms. The molecule has 0 radical (unpaired) electrons. The number of para-hydroxylation sites is 1. The van der Waals surface area contributed by atoms with Gasteiger partial charge >= 0.3 is 11.9 Å². The second kappa shape index (κ2) is 10.5. The van der Waals surface area contributed by atoms with E-state index >= 15 is 0 Å². The van der Waals surface area contributed by atoms with Gasteiger partial charge in [-0.2, -0.15) is 0 Å². The van der Waals surface area contributed by atoms with Gasteiger partial charge in [0.15, 0.2) is 17.6 Å². The molecule has 1 aliphatic carbocycles. The summed E-state index contributed by atoms with van der Waals surface area (Å²) in [5, 5.41) is 3.19. The van der Waals surface area contributed by atoms with Crippen LogP contribution in [0, 0.1) is 0 Å². The highest BCUT2D eigenvalue weighted by atomic mass is 32.1. The highest BCUT2D eigenvalue weighted by molar-refractivity contribution is 7.17. The summed E-state index contributed by atoms with van der Waals surface area (Å²) in [4.78, 5) is 39.1. The fourth-order valence-electron chi connectivity index (χ4n) is 3.61.